The molecule has 23 heavy (non-hydrogen) atoms. The second kappa shape index (κ2) is 5.72. The van der Waals surface area contributed by atoms with E-state index in [9.17, 15) is 4.79 Å². The number of ether oxygens (including phenoxy) is 1. The predicted molar refractivity (Wildman–Crippen MR) is 86.6 cm³/mol. The molecule has 1 saturated heterocycles. The van der Waals surface area contributed by atoms with Crippen molar-refractivity contribution in [2.24, 2.45) is 7.05 Å². The van der Waals surface area contributed by atoms with Crippen LogP contribution in [0.2, 0.25) is 0 Å². The number of imidazole rings is 1. The third-order valence-electron chi connectivity index (χ3n) is 4.63. The van der Waals surface area contributed by atoms with Gasteiger partial charge in [0.05, 0.1) is 11.7 Å². The zero-order valence-corrected chi connectivity index (χ0v) is 13.3. The van der Waals surface area contributed by atoms with Crippen molar-refractivity contribution in [3.05, 3.63) is 48.0 Å². The van der Waals surface area contributed by atoms with Gasteiger partial charge in [0.2, 0.25) is 0 Å². The maximum Gasteiger partial charge on any atom is 0.257 e. The van der Waals surface area contributed by atoms with Crippen LogP contribution in [0, 0.1) is 0 Å². The Hall–Kier alpha value is -2.30. The van der Waals surface area contributed by atoms with Gasteiger partial charge in [-0.25, -0.2) is 4.98 Å². The van der Waals surface area contributed by atoms with Gasteiger partial charge >= 0.3 is 0 Å². The summed E-state index contributed by atoms with van der Waals surface area (Å²) in [5.41, 5.74) is 0.680. The van der Waals surface area contributed by atoms with Crippen LogP contribution in [0.25, 0.3) is 0 Å². The van der Waals surface area contributed by atoms with Crippen molar-refractivity contribution in [3.63, 3.8) is 0 Å². The van der Waals surface area contributed by atoms with Crippen LogP contribution in [0.5, 0.6) is 5.75 Å². The van der Waals surface area contributed by atoms with E-state index in [0.717, 1.165) is 43.9 Å². The number of carbonyl (C=O) groups excluding carboxylic acids is 1. The lowest BCUT2D eigenvalue weighted by atomic mass is 10.1. The number of para-hydroxylation sites is 1. The Morgan fingerprint density at radius 2 is 2.09 bits per heavy atom. The number of aryl methyl sites for hydroxylation is 1. The van der Waals surface area contributed by atoms with E-state index in [2.05, 4.69) is 4.98 Å². The van der Waals surface area contributed by atoms with Gasteiger partial charge < -0.3 is 14.2 Å². The molecule has 2 fully saturated rings. The van der Waals surface area contributed by atoms with Crippen LogP contribution in [0.4, 0.5) is 0 Å². The van der Waals surface area contributed by atoms with Crippen molar-refractivity contribution >= 4 is 5.91 Å². The molecule has 1 aliphatic carbocycles. The fraction of sp³-hybridized carbons (Fsp3) is 0.444. The predicted octanol–water partition coefficient (Wildman–Crippen LogP) is 2.59. The number of amides is 1. The number of nitrogens with zero attached hydrogens (tertiary/aromatic N) is 3. The van der Waals surface area contributed by atoms with Gasteiger partial charge in [-0.1, -0.05) is 12.1 Å². The summed E-state index contributed by atoms with van der Waals surface area (Å²) in [6, 6.07) is 7.60. The highest BCUT2D eigenvalue weighted by Gasteiger charge is 2.32. The van der Waals surface area contributed by atoms with Crippen LogP contribution < -0.4 is 4.74 Å². The van der Waals surface area contributed by atoms with Crippen LogP contribution in [0.3, 0.4) is 0 Å². The number of benzene rings is 1. The molecule has 2 aromatic rings. The Morgan fingerprint density at radius 3 is 2.83 bits per heavy atom. The molecule has 4 rings (SSSR count). The van der Waals surface area contributed by atoms with Crippen molar-refractivity contribution in [1.29, 1.82) is 0 Å². The van der Waals surface area contributed by atoms with E-state index in [1.54, 1.807) is 0 Å². The Balaban J connectivity index is 1.51. The van der Waals surface area contributed by atoms with Crippen molar-refractivity contribution in [1.82, 2.24) is 14.5 Å². The fourth-order valence-corrected chi connectivity index (χ4v) is 3.21. The van der Waals surface area contributed by atoms with Crippen molar-refractivity contribution in [2.45, 2.75) is 31.3 Å². The maximum absolute atomic E-state index is 12.9. The minimum absolute atomic E-state index is 0.0676. The molecule has 5 nitrogen and oxygen atoms in total. The Morgan fingerprint density at radius 1 is 1.26 bits per heavy atom. The van der Waals surface area contributed by atoms with Crippen LogP contribution in [-0.2, 0) is 7.05 Å². The summed E-state index contributed by atoms with van der Waals surface area (Å²) in [7, 11) is 2.01. The molecule has 1 amide bonds. The van der Waals surface area contributed by atoms with Crippen LogP contribution in [-0.4, -0.2) is 39.6 Å². The zero-order valence-electron chi connectivity index (χ0n) is 13.3. The highest BCUT2D eigenvalue weighted by atomic mass is 16.5. The first-order valence-electron chi connectivity index (χ1n) is 8.24. The Kier molecular flexibility index (Phi) is 3.56. The van der Waals surface area contributed by atoms with E-state index in [-0.39, 0.29) is 5.91 Å². The molecule has 5 heteroatoms. The minimum atomic E-state index is 0.0676. The normalized spacial score (nSPS) is 20.7. The van der Waals surface area contributed by atoms with Gasteiger partial charge in [0.1, 0.15) is 11.6 Å². The minimum Gasteiger partial charge on any atom is -0.490 e. The lowest BCUT2D eigenvalue weighted by Gasteiger charge is -2.18. The molecule has 1 atom stereocenters. The average Bonchev–Trinajstić information content (AvgIpc) is 3.07. The smallest absolute Gasteiger partial charge is 0.257 e. The average molecular weight is 311 g/mol. The molecule has 0 bridgehead atoms. The van der Waals surface area contributed by atoms with Crippen molar-refractivity contribution in [3.8, 4) is 5.75 Å². The third-order valence-corrected chi connectivity index (χ3v) is 4.63. The Bertz CT molecular complexity index is 721. The first-order chi connectivity index (χ1) is 11.2. The third kappa shape index (κ3) is 2.83. The summed E-state index contributed by atoms with van der Waals surface area (Å²) in [4.78, 5) is 19.2. The monoisotopic (exact) mass is 311 g/mol. The van der Waals surface area contributed by atoms with E-state index in [1.165, 1.54) is 0 Å². The molecule has 1 unspecified atom stereocenters. The van der Waals surface area contributed by atoms with E-state index in [1.807, 2.05) is 53.2 Å². The molecule has 1 aromatic carbocycles. The molecule has 1 saturated carbocycles. The number of aromatic nitrogens is 2. The van der Waals surface area contributed by atoms with Crippen molar-refractivity contribution < 1.29 is 9.53 Å². The lowest BCUT2D eigenvalue weighted by molar-refractivity contribution is 0.0785. The summed E-state index contributed by atoms with van der Waals surface area (Å²) < 4.78 is 7.94. The van der Waals surface area contributed by atoms with E-state index >= 15 is 0 Å². The summed E-state index contributed by atoms with van der Waals surface area (Å²) in [5.74, 6) is 2.16. The van der Waals surface area contributed by atoms with E-state index < -0.39 is 0 Å². The van der Waals surface area contributed by atoms with Gasteiger partial charge in [-0.3, -0.25) is 4.79 Å². The first kappa shape index (κ1) is 14.3. The lowest BCUT2D eigenvalue weighted by Crippen LogP contribution is -2.29. The maximum atomic E-state index is 12.9. The molecule has 1 aromatic heterocycles. The summed E-state index contributed by atoms with van der Waals surface area (Å²) in [5, 5.41) is 0. The van der Waals surface area contributed by atoms with Crippen LogP contribution in [0.1, 0.15) is 41.4 Å². The number of likely N-dealkylation sites (tertiary alicyclic amines) is 1. The standard InChI is InChI=1S/C18H21N3O2/c1-20-11-9-19-17(20)13-8-10-21(12-13)18(22)15-4-2-3-5-16(15)23-14-6-7-14/h2-5,9,11,13-14H,6-8,10,12H2,1H3. The molecule has 1 aliphatic heterocycles. The molecule has 120 valence electrons. The topological polar surface area (TPSA) is 47.4 Å². The summed E-state index contributed by atoms with van der Waals surface area (Å²) in [6.07, 6.45) is 7.21. The Labute approximate surface area is 135 Å². The second-order valence-corrected chi connectivity index (χ2v) is 6.45. The van der Waals surface area contributed by atoms with Crippen molar-refractivity contribution in [2.75, 3.05) is 13.1 Å². The van der Waals surface area contributed by atoms with Gasteiger partial charge in [-0.15, -0.1) is 0 Å². The van der Waals surface area contributed by atoms with Crippen LogP contribution >= 0.6 is 0 Å². The van der Waals surface area contributed by atoms with Gasteiger partial charge in [0.25, 0.3) is 5.91 Å². The van der Waals surface area contributed by atoms with E-state index in [4.69, 9.17) is 4.74 Å². The molecule has 0 spiro atoms. The number of hydrogen-bond donors (Lipinski definition) is 0. The molecular formula is C18H21N3O2. The van der Waals surface area contributed by atoms with Gasteiger partial charge in [-0.05, 0) is 31.4 Å². The highest BCUT2D eigenvalue weighted by molar-refractivity contribution is 5.97. The number of carbonyl (C=O) groups is 1. The fourth-order valence-electron chi connectivity index (χ4n) is 3.21. The SMILES string of the molecule is Cn1ccnc1C1CCN(C(=O)c2ccccc2OC2CC2)C1. The van der Waals surface area contributed by atoms with Gasteiger partial charge in [0.15, 0.2) is 0 Å². The number of hydrogen-bond acceptors (Lipinski definition) is 3. The van der Waals surface area contributed by atoms with Gasteiger partial charge in [-0.2, -0.15) is 0 Å². The van der Waals surface area contributed by atoms with E-state index in [0.29, 0.717) is 17.6 Å². The van der Waals surface area contributed by atoms with Gasteiger partial charge in [0, 0.05) is 38.4 Å². The molecule has 2 heterocycles. The van der Waals surface area contributed by atoms with Crippen LogP contribution in [0.15, 0.2) is 36.7 Å². The highest BCUT2D eigenvalue weighted by Crippen LogP contribution is 2.32. The zero-order chi connectivity index (χ0) is 15.8. The molecular weight excluding hydrogens is 290 g/mol. The largest absolute Gasteiger partial charge is 0.490 e. The number of rotatable bonds is 4. The second-order valence-electron chi connectivity index (χ2n) is 6.45. The quantitative estimate of drug-likeness (QED) is 0.872. The molecule has 2 aliphatic rings. The summed E-state index contributed by atoms with van der Waals surface area (Å²) in [6.45, 7) is 1.50. The molecule has 0 radical (unpaired) electrons. The first-order valence-corrected chi connectivity index (χ1v) is 8.24. The molecule has 0 N–H and O–H groups in total. The summed E-state index contributed by atoms with van der Waals surface area (Å²) >= 11 is 0.